The summed E-state index contributed by atoms with van der Waals surface area (Å²) in [5, 5.41) is 0.477. The number of pyridine rings is 1. The van der Waals surface area contributed by atoms with E-state index in [-0.39, 0.29) is 0 Å². The molecule has 1 aromatic carbocycles. The van der Waals surface area contributed by atoms with Crippen molar-refractivity contribution < 1.29 is 4.42 Å². The molecular weight excluding hydrogens is 250 g/mol. The summed E-state index contributed by atoms with van der Waals surface area (Å²) in [6.45, 7) is 1.97. The highest BCUT2D eigenvalue weighted by Crippen LogP contribution is 2.29. The molecule has 4 nitrogen and oxygen atoms in total. The first-order valence-electron chi connectivity index (χ1n) is 5.41. The predicted octanol–water partition coefficient (Wildman–Crippen LogP) is 3.43. The summed E-state index contributed by atoms with van der Waals surface area (Å²) in [5.74, 6) is 0.517. The molecule has 3 aromatic rings. The molecule has 18 heavy (non-hydrogen) atoms. The van der Waals surface area contributed by atoms with Gasteiger partial charge in [0, 0.05) is 18.5 Å². The Kier molecular flexibility index (Phi) is 2.45. The van der Waals surface area contributed by atoms with E-state index in [1.54, 1.807) is 24.5 Å². The van der Waals surface area contributed by atoms with Crippen molar-refractivity contribution in [1.82, 2.24) is 9.97 Å². The van der Waals surface area contributed by atoms with Crippen LogP contribution in [-0.2, 0) is 0 Å². The maximum atomic E-state index is 5.95. The molecule has 0 bridgehead atoms. The highest BCUT2D eigenvalue weighted by Gasteiger charge is 2.10. The van der Waals surface area contributed by atoms with Crippen molar-refractivity contribution >= 4 is 28.4 Å². The fourth-order valence-electron chi connectivity index (χ4n) is 1.76. The number of hydrogen-bond donors (Lipinski definition) is 1. The number of aromatic nitrogens is 2. The van der Waals surface area contributed by atoms with E-state index < -0.39 is 0 Å². The summed E-state index contributed by atoms with van der Waals surface area (Å²) >= 11 is 5.95. The van der Waals surface area contributed by atoms with Crippen molar-refractivity contribution in [2.24, 2.45) is 0 Å². The van der Waals surface area contributed by atoms with Gasteiger partial charge in [-0.05, 0) is 24.6 Å². The summed E-state index contributed by atoms with van der Waals surface area (Å²) in [4.78, 5) is 8.49. The minimum absolute atomic E-state index is 0.477. The Morgan fingerprint density at radius 1 is 1.22 bits per heavy atom. The highest BCUT2D eigenvalue weighted by molar-refractivity contribution is 6.33. The molecule has 3 rings (SSSR count). The number of aryl methyl sites for hydroxylation is 1. The Labute approximate surface area is 108 Å². The van der Waals surface area contributed by atoms with Gasteiger partial charge < -0.3 is 10.2 Å². The number of anilines is 1. The molecule has 0 aliphatic heterocycles. The van der Waals surface area contributed by atoms with Crippen molar-refractivity contribution in [2.45, 2.75) is 6.92 Å². The molecule has 0 amide bonds. The van der Waals surface area contributed by atoms with E-state index in [9.17, 15) is 0 Å². The molecular formula is C13H10ClN3O. The van der Waals surface area contributed by atoms with Crippen LogP contribution in [0.1, 0.15) is 5.56 Å². The molecule has 0 aliphatic carbocycles. The molecule has 0 aliphatic rings. The van der Waals surface area contributed by atoms with Crippen LogP contribution in [0, 0.1) is 6.92 Å². The third-order valence-electron chi connectivity index (χ3n) is 2.63. The second kappa shape index (κ2) is 3.99. The lowest BCUT2D eigenvalue weighted by molar-refractivity contribution is 0.619. The van der Waals surface area contributed by atoms with E-state index in [0.717, 1.165) is 11.1 Å². The Balaban J connectivity index is 2.19. The quantitative estimate of drug-likeness (QED) is 0.680. The van der Waals surface area contributed by atoms with Gasteiger partial charge in [-0.1, -0.05) is 11.6 Å². The van der Waals surface area contributed by atoms with Gasteiger partial charge in [0.2, 0.25) is 5.89 Å². The number of halogens is 1. The average molecular weight is 260 g/mol. The SMILES string of the molecule is Cc1cncc(-c2nc3cc(Cl)c(N)cc3o2)c1. The fourth-order valence-corrected chi connectivity index (χ4v) is 1.92. The van der Waals surface area contributed by atoms with Crippen molar-refractivity contribution in [3.8, 4) is 11.5 Å². The zero-order chi connectivity index (χ0) is 12.7. The van der Waals surface area contributed by atoms with Gasteiger partial charge in [-0.25, -0.2) is 4.98 Å². The normalized spacial score (nSPS) is 11.0. The second-order valence-electron chi connectivity index (χ2n) is 4.11. The van der Waals surface area contributed by atoms with Crippen LogP contribution in [0.4, 0.5) is 5.69 Å². The van der Waals surface area contributed by atoms with Crippen LogP contribution < -0.4 is 5.73 Å². The molecule has 0 saturated heterocycles. The van der Waals surface area contributed by atoms with E-state index in [1.807, 2.05) is 13.0 Å². The number of nitrogen functional groups attached to an aromatic ring is 1. The van der Waals surface area contributed by atoms with Crippen molar-refractivity contribution in [3.05, 3.63) is 41.2 Å². The minimum Gasteiger partial charge on any atom is -0.436 e. The van der Waals surface area contributed by atoms with Crippen molar-refractivity contribution in [3.63, 3.8) is 0 Å². The lowest BCUT2D eigenvalue weighted by Gasteiger charge is -1.95. The maximum Gasteiger partial charge on any atom is 0.228 e. The first-order chi connectivity index (χ1) is 8.63. The van der Waals surface area contributed by atoms with Crippen LogP contribution >= 0.6 is 11.6 Å². The summed E-state index contributed by atoms with van der Waals surface area (Å²) in [6.07, 6.45) is 3.49. The first kappa shape index (κ1) is 11.0. The molecule has 0 fully saturated rings. The predicted molar refractivity (Wildman–Crippen MR) is 71.4 cm³/mol. The highest BCUT2D eigenvalue weighted by atomic mass is 35.5. The zero-order valence-electron chi connectivity index (χ0n) is 9.64. The van der Waals surface area contributed by atoms with Crippen LogP contribution in [-0.4, -0.2) is 9.97 Å². The molecule has 2 heterocycles. The van der Waals surface area contributed by atoms with Crippen molar-refractivity contribution in [1.29, 1.82) is 0 Å². The topological polar surface area (TPSA) is 64.9 Å². The standard InChI is InChI=1S/C13H10ClN3O/c1-7-2-8(6-16-5-7)13-17-11-3-9(14)10(15)4-12(11)18-13/h2-6H,15H2,1H3. The first-order valence-corrected chi connectivity index (χ1v) is 5.79. The smallest absolute Gasteiger partial charge is 0.228 e. The summed E-state index contributed by atoms with van der Waals surface area (Å²) in [6, 6.07) is 5.34. The lowest BCUT2D eigenvalue weighted by Crippen LogP contribution is -1.84. The average Bonchev–Trinajstić information content (AvgIpc) is 2.73. The third-order valence-corrected chi connectivity index (χ3v) is 2.96. The molecule has 0 spiro atoms. The van der Waals surface area contributed by atoms with Gasteiger partial charge in [0.05, 0.1) is 16.3 Å². The molecule has 0 unspecified atom stereocenters. The summed E-state index contributed by atoms with van der Waals surface area (Å²) < 4.78 is 5.66. The Morgan fingerprint density at radius 2 is 2.06 bits per heavy atom. The van der Waals surface area contributed by atoms with Crippen LogP contribution in [0.3, 0.4) is 0 Å². The number of nitrogens with two attached hydrogens (primary N) is 1. The van der Waals surface area contributed by atoms with Gasteiger partial charge in [0.1, 0.15) is 5.52 Å². The minimum atomic E-state index is 0.477. The summed E-state index contributed by atoms with van der Waals surface area (Å²) in [7, 11) is 0. The van der Waals surface area contributed by atoms with Crippen LogP contribution in [0.25, 0.3) is 22.6 Å². The van der Waals surface area contributed by atoms with Gasteiger partial charge in [0.15, 0.2) is 5.58 Å². The van der Waals surface area contributed by atoms with Gasteiger partial charge in [0.25, 0.3) is 0 Å². The molecule has 90 valence electrons. The van der Waals surface area contributed by atoms with Crippen LogP contribution in [0.5, 0.6) is 0 Å². The Bertz CT molecular complexity index is 697. The Hall–Kier alpha value is -2.07. The van der Waals surface area contributed by atoms with Gasteiger partial charge in [-0.3, -0.25) is 4.98 Å². The monoisotopic (exact) mass is 259 g/mol. The van der Waals surface area contributed by atoms with E-state index >= 15 is 0 Å². The second-order valence-corrected chi connectivity index (χ2v) is 4.52. The van der Waals surface area contributed by atoms with E-state index in [1.165, 1.54) is 0 Å². The molecule has 2 N–H and O–H groups in total. The Morgan fingerprint density at radius 3 is 2.83 bits per heavy atom. The number of benzene rings is 1. The number of nitrogens with zero attached hydrogens (tertiary/aromatic N) is 2. The van der Waals surface area contributed by atoms with Gasteiger partial charge in [-0.15, -0.1) is 0 Å². The summed E-state index contributed by atoms with van der Waals surface area (Å²) in [5.41, 5.74) is 9.39. The molecule has 0 saturated carbocycles. The maximum absolute atomic E-state index is 5.95. The molecule has 2 aromatic heterocycles. The number of hydrogen-bond acceptors (Lipinski definition) is 4. The fraction of sp³-hybridized carbons (Fsp3) is 0.0769. The number of fused-ring (bicyclic) bond motifs is 1. The number of rotatable bonds is 1. The molecule has 0 atom stereocenters. The largest absolute Gasteiger partial charge is 0.436 e. The van der Waals surface area contributed by atoms with Crippen LogP contribution in [0.2, 0.25) is 5.02 Å². The lowest BCUT2D eigenvalue weighted by atomic mass is 10.2. The van der Waals surface area contributed by atoms with E-state index in [4.69, 9.17) is 21.8 Å². The number of oxazole rings is 1. The van der Waals surface area contributed by atoms with Gasteiger partial charge >= 0.3 is 0 Å². The third kappa shape index (κ3) is 1.80. The van der Waals surface area contributed by atoms with Gasteiger partial charge in [-0.2, -0.15) is 0 Å². The molecule has 5 heteroatoms. The van der Waals surface area contributed by atoms with E-state index in [2.05, 4.69) is 9.97 Å². The van der Waals surface area contributed by atoms with Crippen LogP contribution in [0.15, 0.2) is 35.0 Å². The van der Waals surface area contributed by atoms with E-state index in [0.29, 0.717) is 27.7 Å². The molecule has 0 radical (unpaired) electrons. The van der Waals surface area contributed by atoms with Crippen molar-refractivity contribution in [2.75, 3.05) is 5.73 Å². The zero-order valence-corrected chi connectivity index (χ0v) is 10.4.